The number of amides is 1. The van der Waals surface area contributed by atoms with Crippen LogP contribution in [0.4, 0.5) is 17.2 Å². The van der Waals surface area contributed by atoms with Gasteiger partial charge >= 0.3 is 5.97 Å². The van der Waals surface area contributed by atoms with E-state index in [1.807, 2.05) is 49.9 Å². The smallest absolute Gasteiger partial charge is 0.357 e. The Hall–Kier alpha value is -3.42. The van der Waals surface area contributed by atoms with Crippen molar-refractivity contribution >= 4 is 34.8 Å². The fourth-order valence-electron chi connectivity index (χ4n) is 5.04. The zero-order chi connectivity index (χ0) is 25.3. The Bertz CT molecular complexity index is 1130. The van der Waals surface area contributed by atoms with Crippen LogP contribution in [0, 0.1) is 30.1 Å². The molecule has 1 aromatic carbocycles. The van der Waals surface area contributed by atoms with Gasteiger partial charge in [0.15, 0.2) is 5.69 Å². The van der Waals surface area contributed by atoms with Gasteiger partial charge in [0, 0.05) is 56.3 Å². The zero-order valence-electron chi connectivity index (χ0n) is 21.2. The molecule has 2 fully saturated rings. The molecule has 3 heterocycles. The highest BCUT2D eigenvalue weighted by Crippen LogP contribution is 2.39. The summed E-state index contributed by atoms with van der Waals surface area (Å²) in [5.41, 5.74) is 4.15. The lowest BCUT2D eigenvalue weighted by molar-refractivity contribution is -0.128. The van der Waals surface area contributed by atoms with E-state index in [9.17, 15) is 9.59 Å². The summed E-state index contributed by atoms with van der Waals surface area (Å²) in [6.07, 6.45) is 0. The Morgan fingerprint density at radius 3 is 2.43 bits per heavy atom. The number of hydrogen-bond donors (Lipinski definition) is 2. The number of ether oxygens (including phenoxy) is 1. The number of anilines is 3. The lowest BCUT2D eigenvalue weighted by Gasteiger charge is -2.27. The van der Waals surface area contributed by atoms with E-state index in [0.29, 0.717) is 28.9 Å². The summed E-state index contributed by atoms with van der Waals surface area (Å²) in [7, 11) is 0. The van der Waals surface area contributed by atoms with E-state index in [2.05, 4.69) is 15.2 Å². The van der Waals surface area contributed by atoms with Crippen molar-refractivity contribution in [3.05, 3.63) is 47.2 Å². The van der Waals surface area contributed by atoms with Gasteiger partial charge in [-0.15, -0.1) is 0 Å². The van der Waals surface area contributed by atoms with Crippen LogP contribution in [0.25, 0.3) is 0 Å². The highest BCUT2D eigenvalue weighted by atomic mass is 16.5. The summed E-state index contributed by atoms with van der Waals surface area (Å²) in [5.74, 6) is 0.826. The van der Waals surface area contributed by atoms with Crippen molar-refractivity contribution in [1.82, 2.24) is 9.88 Å². The number of pyridine rings is 1. The third-order valence-electron chi connectivity index (χ3n) is 6.88. The lowest BCUT2D eigenvalue weighted by Crippen LogP contribution is -2.32. The van der Waals surface area contributed by atoms with Crippen molar-refractivity contribution in [3.63, 3.8) is 0 Å². The van der Waals surface area contributed by atoms with Crippen LogP contribution in [-0.2, 0) is 9.53 Å². The molecule has 2 N–H and O–H groups in total. The van der Waals surface area contributed by atoms with Gasteiger partial charge in [-0.3, -0.25) is 4.79 Å². The summed E-state index contributed by atoms with van der Waals surface area (Å²) in [6, 6.07) is 9.71. The second-order valence-corrected chi connectivity index (χ2v) is 9.88. The van der Waals surface area contributed by atoms with Crippen LogP contribution in [0.3, 0.4) is 0 Å². The number of fused-ring (bicyclic) bond motifs is 1. The zero-order valence-corrected chi connectivity index (χ0v) is 21.2. The summed E-state index contributed by atoms with van der Waals surface area (Å²) >= 11 is 0. The molecule has 2 aliphatic rings. The number of carbonyl (C=O) groups is 2. The summed E-state index contributed by atoms with van der Waals surface area (Å²) in [4.78, 5) is 33.5. The maximum atomic E-state index is 12.8. The van der Waals surface area contributed by atoms with Crippen LogP contribution in [0.2, 0.25) is 0 Å². The molecule has 35 heavy (non-hydrogen) atoms. The number of nitrogens with zero attached hydrogens (tertiary/aromatic N) is 3. The predicted octanol–water partition coefficient (Wildman–Crippen LogP) is 4.25. The quantitative estimate of drug-likeness (QED) is 0.457. The Balaban J connectivity index is 1.79. The van der Waals surface area contributed by atoms with Gasteiger partial charge in [-0.05, 0) is 43.5 Å². The summed E-state index contributed by atoms with van der Waals surface area (Å²) in [6.45, 7) is 12.7. The predicted molar refractivity (Wildman–Crippen MR) is 138 cm³/mol. The largest absolute Gasteiger partial charge is 0.461 e. The number of esters is 1. The van der Waals surface area contributed by atoms with Crippen LogP contribution in [0.1, 0.15) is 49.3 Å². The first kappa shape index (κ1) is 24.7. The normalized spacial score (nSPS) is 19.1. The van der Waals surface area contributed by atoms with Crippen molar-refractivity contribution in [1.29, 1.82) is 5.41 Å². The number of hydrogen-bond acceptors (Lipinski definition) is 7. The van der Waals surface area contributed by atoms with Crippen LogP contribution in [0.15, 0.2) is 30.3 Å². The van der Waals surface area contributed by atoms with E-state index < -0.39 is 5.97 Å². The molecule has 1 amide bonds. The Labute approximate surface area is 207 Å². The molecule has 2 saturated heterocycles. The number of benzene rings is 1. The molecule has 2 aromatic rings. The minimum absolute atomic E-state index is 0.0302. The van der Waals surface area contributed by atoms with Crippen molar-refractivity contribution < 1.29 is 14.3 Å². The Morgan fingerprint density at radius 1 is 1.17 bits per heavy atom. The van der Waals surface area contributed by atoms with E-state index in [-0.39, 0.29) is 24.1 Å². The highest BCUT2D eigenvalue weighted by Gasteiger charge is 2.42. The fourth-order valence-corrected chi connectivity index (χ4v) is 5.04. The van der Waals surface area contributed by atoms with Gasteiger partial charge in [0.05, 0.1) is 17.9 Å². The Kier molecular flexibility index (Phi) is 7.10. The maximum absolute atomic E-state index is 12.8. The third-order valence-corrected chi connectivity index (χ3v) is 6.88. The van der Waals surface area contributed by atoms with Gasteiger partial charge in [0.1, 0.15) is 5.82 Å². The first-order valence-electron chi connectivity index (χ1n) is 12.3. The molecule has 0 aliphatic carbocycles. The highest BCUT2D eigenvalue weighted by molar-refractivity contribution is 6.09. The summed E-state index contributed by atoms with van der Waals surface area (Å²) in [5, 5.41) is 12.4. The summed E-state index contributed by atoms with van der Waals surface area (Å²) < 4.78 is 5.29. The van der Waals surface area contributed by atoms with E-state index in [1.165, 1.54) is 0 Å². The number of aryl methyl sites for hydroxylation is 1. The van der Waals surface area contributed by atoms with E-state index in [4.69, 9.17) is 10.1 Å². The van der Waals surface area contributed by atoms with E-state index >= 15 is 0 Å². The van der Waals surface area contributed by atoms with Crippen molar-refractivity contribution in [2.24, 2.45) is 17.8 Å². The van der Waals surface area contributed by atoms with Gasteiger partial charge < -0.3 is 25.3 Å². The second-order valence-electron chi connectivity index (χ2n) is 9.88. The first-order valence-corrected chi connectivity index (χ1v) is 12.3. The molecule has 0 radical (unpaired) electrons. The average Bonchev–Trinajstić information content (AvgIpc) is 3.38. The van der Waals surface area contributed by atoms with Gasteiger partial charge in [0.2, 0.25) is 5.91 Å². The van der Waals surface area contributed by atoms with Gasteiger partial charge in [-0.1, -0.05) is 26.0 Å². The average molecular weight is 478 g/mol. The topological polar surface area (TPSA) is 98.6 Å². The van der Waals surface area contributed by atoms with E-state index in [1.54, 1.807) is 19.9 Å². The molecule has 2 aliphatic heterocycles. The van der Waals surface area contributed by atoms with Crippen LogP contribution >= 0.6 is 0 Å². The molecule has 8 nitrogen and oxygen atoms in total. The number of carbonyl (C=O) groups excluding carboxylic acids is 2. The molecule has 0 saturated carbocycles. The fraction of sp³-hybridized carbons (Fsp3) is 0.481. The third kappa shape index (κ3) is 5.16. The number of nitrogens with one attached hydrogen (secondary N) is 2. The molecule has 0 spiro atoms. The monoisotopic (exact) mass is 477 g/mol. The van der Waals surface area contributed by atoms with Gasteiger partial charge in [-0.2, -0.15) is 0 Å². The van der Waals surface area contributed by atoms with Crippen LogP contribution in [0.5, 0.6) is 0 Å². The lowest BCUT2D eigenvalue weighted by atomic mass is 9.97. The molecule has 186 valence electrons. The standard InChI is InChI=1S/C27H35N5O3/c1-6-35-27(34)22-11-23(32-14-19-12-31(18(5)33)13-20(19)15-32)24(25(28)16(2)3)26(30-22)29-21-9-7-8-17(4)10-21/h7-11,16,19-20,28H,6,12-15H2,1-5H3,(H,29,30). The van der Waals surface area contributed by atoms with Gasteiger partial charge in [-0.25, -0.2) is 9.78 Å². The Morgan fingerprint density at radius 2 is 1.86 bits per heavy atom. The maximum Gasteiger partial charge on any atom is 0.357 e. The SMILES string of the molecule is CCOC(=O)c1cc(N2CC3CN(C(C)=O)CC3C2)c(C(=N)C(C)C)c(Nc2cccc(C)c2)n1. The molecular weight excluding hydrogens is 442 g/mol. The van der Waals surface area contributed by atoms with E-state index in [0.717, 1.165) is 43.1 Å². The van der Waals surface area contributed by atoms with Crippen LogP contribution in [-0.4, -0.2) is 60.3 Å². The molecule has 4 rings (SSSR count). The molecule has 1 aromatic heterocycles. The minimum atomic E-state index is -0.481. The molecule has 8 heteroatoms. The van der Waals surface area contributed by atoms with Gasteiger partial charge in [0.25, 0.3) is 0 Å². The number of aromatic nitrogens is 1. The first-order chi connectivity index (χ1) is 16.7. The van der Waals surface area contributed by atoms with Crippen molar-refractivity contribution in [2.45, 2.75) is 34.6 Å². The van der Waals surface area contributed by atoms with Crippen molar-refractivity contribution in [2.75, 3.05) is 43.0 Å². The minimum Gasteiger partial charge on any atom is -0.461 e. The number of rotatable bonds is 7. The molecule has 0 bridgehead atoms. The molecule has 2 unspecified atom stereocenters. The van der Waals surface area contributed by atoms with Crippen LogP contribution < -0.4 is 10.2 Å². The molecular formula is C27H35N5O3. The number of likely N-dealkylation sites (tertiary alicyclic amines) is 1. The molecule has 2 atom stereocenters. The second kappa shape index (κ2) is 10.1. The van der Waals surface area contributed by atoms with Crippen molar-refractivity contribution in [3.8, 4) is 0 Å².